The highest BCUT2D eigenvalue weighted by molar-refractivity contribution is 14.1. The molecule has 1 unspecified atom stereocenters. The summed E-state index contributed by atoms with van der Waals surface area (Å²) in [5.41, 5.74) is 2.03. The molecule has 1 atom stereocenters. The van der Waals surface area contributed by atoms with E-state index < -0.39 is 5.92 Å². The van der Waals surface area contributed by atoms with E-state index in [4.69, 9.17) is 0 Å². The van der Waals surface area contributed by atoms with Crippen LogP contribution in [0.2, 0.25) is 0 Å². The lowest BCUT2D eigenvalue weighted by molar-refractivity contribution is 0.0978. The number of Topliss-reactive ketones (excluding diaryl/α,β-unsaturated/α-hetero) is 1. The molecule has 2 nitrogen and oxygen atoms in total. The molecule has 0 amide bonds. The van der Waals surface area contributed by atoms with E-state index in [9.17, 15) is 14.4 Å². The summed E-state index contributed by atoms with van der Waals surface area (Å²) in [7, 11) is 0. The maximum atomic E-state index is 12.9. The van der Waals surface area contributed by atoms with E-state index in [1.54, 1.807) is 12.1 Å². The average molecular weight is 379 g/mol. The second-order valence-electron chi connectivity index (χ2n) is 4.41. The summed E-state index contributed by atoms with van der Waals surface area (Å²) in [5.74, 6) is -1.55. The zero-order valence-electron chi connectivity index (χ0n) is 10.7. The first-order chi connectivity index (χ1) is 9.54. The predicted octanol–water partition coefficient (Wildman–Crippen LogP) is 4.23. The van der Waals surface area contributed by atoms with E-state index in [1.807, 2.05) is 19.1 Å². The highest BCUT2D eigenvalue weighted by Gasteiger charge is 2.23. The number of nitrogens with zero attached hydrogens (tertiary/aromatic N) is 1. The SMILES string of the molecule is Cc1cccc(C(=O)C(C#N)c2ccc(F)cc2)c1I. The van der Waals surface area contributed by atoms with Gasteiger partial charge in [-0.1, -0.05) is 30.3 Å². The number of benzene rings is 2. The first-order valence-electron chi connectivity index (χ1n) is 5.99. The zero-order chi connectivity index (χ0) is 14.7. The fourth-order valence-corrected chi connectivity index (χ4v) is 2.56. The van der Waals surface area contributed by atoms with Crippen molar-refractivity contribution in [3.05, 3.63) is 68.5 Å². The van der Waals surface area contributed by atoms with Crippen LogP contribution in [0.3, 0.4) is 0 Å². The lowest BCUT2D eigenvalue weighted by atomic mass is 9.91. The fourth-order valence-electron chi connectivity index (χ4n) is 1.93. The van der Waals surface area contributed by atoms with Gasteiger partial charge in [0, 0.05) is 9.13 Å². The molecule has 0 bridgehead atoms. The quantitative estimate of drug-likeness (QED) is 0.592. The molecule has 0 heterocycles. The molecule has 0 saturated heterocycles. The Labute approximate surface area is 130 Å². The van der Waals surface area contributed by atoms with Crippen LogP contribution in [0.1, 0.15) is 27.4 Å². The highest BCUT2D eigenvalue weighted by atomic mass is 127. The molecule has 0 N–H and O–H groups in total. The first kappa shape index (κ1) is 14.7. The lowest BCUT2D eigenvalue weighted by Gasteiger charge is -2.11. The van der Waals surface area contributed by atoms with E-state index in [0.717, 1.165) is 9.13 Å². The molecule has 0 fully saturated rings. The van der Waals surface area contributed by atoms with Crippen molar-refractivity contribution in [3.63, 3.8) is 0 Å². The van der Waals surface area contributed by atoms with Crippen molar-refractivity contribution in [3.8, 4) is 6.07 Å². The summed E-state index contributed by atoms with van der Waals surface area (Å²) in [6, 6.07) is 12.9. The molecule has 2 aromatic carbocycles. The number of hydrogen-bond acceptors (Lipinski definition) is 2. The Balaban J connectivity index is 2.42. The van der Waals surface area contributed by atoms with Gasteiger partial charge in [-0.25, -0.2) is 4.39 Å². The molecule has 20 heavy (non-hydrogen) atoms. The second-order valence-corrected chi connectivity index (χ2v) is 5.49. The topological polar surface area (TPSA) is 40.9 Å². The minimum atomic E-state index is -0.911. The minimum Gasteiger partial charge on any atom is -0.292 e. The summed E-state index contributed by atoms with van der Waals surface area (Å²) in [5, 5.41) is 9.27. The molecule has 0 aromatic heterocycles. The number of rotatable bonds is 3. The van der Waals surface area contributed by atoms with Gasteiger partial charge in [0.1, 0.15) is 11.7 Å². The van der Waals surface area contributed by atoms with E-state index in [0.29, 0.717) is 11.1 Å². The van der Waals surface area contributed by atoms with E-state index in [-0.39, 0.29) is 11.6 Å². The third-order valence-electron chi connectivity index (χ3n) is 3.05. The van der Waals surface area contributed by atoms with Crippen LogP contribution in [0, 0.1) is 27.6 Å². The minimum absolute atomic E-state index is 0.257. The van der Waals surface area contributed by atoms with Crippen LogP contribution in [0.5, 0.6) is 0 Å². The second kappa shape index (κ2) is 6.14. The molecule has 2 rings (SSSR count). The maximum absolute atomic E-state index is 12.9. The summed E-state index contributed by atoms with van der Waals surface area (Å²) >= 11 is 2.10. The normalized spacial score (nSPS) is 11.7. The Morgan fingerprint density at radius 3 is 2.50 bits per heavy atom. The number of carbonyl (C=O) groups is 1. The zero-order valence-corrected chi connectivity index (χ0v) is 12.9. The van der Waals surface area contributed by atoms with E-state index >= 15 is 0 Å². The van der Waals surface area contributed by atoms with Crippen molar-refractivity contribution in [1.82, 2.24) is 0 Å². The predicted molar refractivity (Wildman–Crippen MR) is 83.0 cm³/mol. The highest BCUT2D eigenvalue weighted by Crippen LogP contribution is 2.25. The van der Waals surface area contributed by atoms with Crippen molar-refractivity contribution >= 4 is 28.4 Å². The Kier molecular flexibility index (Phi) is 4.50. The van der Waals surface area contributed by atoms with Crippen LogP contribution >= 0.6 is 22.6 Å². The largest absolute Gasteiger partial charge is 0.292 e. The van der Waals surface area contributed by atoms with Gasteiger partial charge < -0.3 is 0 Å². The van der Waals surface area contributed by atoms with Gasteiger partial charge in [-0.3, -0.25) is 4.79 Å². The molecule has 0 aliphatic rings. The Morgan fingerprint density at radius 1 is 1.25 bits per heavy atom. The molecule has 0 radical (unpaired) electrons. The van der Waals surface area contributed by atoms with Gasteiger partial charge in [-0.15, -0.1) is 0 Å². The van der Waals surface area contributed by atoms with Gasteiger partial charge in [-0.05, 0) is 52.8 Å². The van der Waals surface area contributed by atoms with Gasteiger partial charge in [-0.2, -0.15) is 5.26 Å². The monoisotopic (exact) mass is 379 g/mol. The molecule has 0 saturated carbocycles. The standard InChI is InChI=1S/C16H11FINO/c1-10-3-2-4-13(15(10)18)16(20)14(9-19)11-5-7-12(17)8-6-11/h2-8,14H,1H3. The Hall–Kier alpha value is -1.74. The van der Waals surface area contributed by atoms with Crippen LogP contribution in [-0.2, 0) is 0 Å². The summed E-state index contributed by atoms with van der Waals surface area (Å²) in [6.45, 7) is 1.91. The number of aryl methyl sites for hydroxylation is 1. The van der Waals surface area contributed by atoms with Crippen molar-refractivity contribution in [2.24, 2.45) is 0 Å². The van der Waals surface area contributed by atoms with Crippen LogP contribution in [0.25, 0.3) is 0 Å². The first-order valence-corrected chi connectivity index (χ1v) is 7.07. The number of carbonyl (C=O) groups excluding carboxylic acids is 1. The van der Waals surface area contributed by atoms with Crippen LogP contribution in [0.4, 0.5) is 4.39 Å². The molecular weight excluding hydrogens is 368 g/mol. The average Bonchev–Trinajstić information content (AvgIpc) is 2.44. The van der Waals surface area contributed by atoms with Crippen molar-refractivity contribution in [2.75, 3.05) is 0 Å². The maximum Gasteiger partial charge on any atom is 0.185 e. The Bertz CT molecular complexity index is 689. The van der Waals surface area contributed by atoms with Crippen molar-refractivity contribution in [1.29, 1.82) is 5.26 Å². The van der Waals surface area contributed by atoms with Crippen molar-refractivity contribution in [2.45, 2.75) is 12.8 Å². The van der Waals surface area contributed by atoms with Gasteiger partial charge in [0.25, 0.3) is 0 Å². The lowest BCUT2D eigenvalue weighted by Crippen LogP contribution is -2.13. The number of halogens is 2. The van der Waals surface area contributed by atoms with Gasteiger partial charge >= 0.3 is 0 Å². The van der Waals surface area contributed by atoms with Gasteiger partial charge in [0.05, 0.1) is 6.07 Å². The molecule has 2 aromatic rings. The van der Waals surface area contributed by atoms with Gasteiger partial charge in [0.15, 0.2) is 5.78 Å². The molecule has 0 spiro atoms. The third kappa shape index (κ3) is 2.88. The van der Waals surface area contributed by atoms with Crippen LogP contribution < -0.4 is 0 Å². The van der Waals surface area contributed by atoms with Crippen molar-refractivity contribution < 1.29 is 9.18 Å². The van der Waals surface area contributed by atoms with E-state index in [1.165, 1.54) is 24.3 Å². The molecule has 100 valence electrons. The number of ketones is 1. The number of hydrogen-bond donors (Lipinski definition) is 0. The molecular formula is C16H11FINO. The summed E-state index contributed by atoms with van der Waals surface area (Å²) in [4.78, 5) is 12.5. The van der Waals surface area contributed by atoms with E-state index in [2.05, 4.69) is 22.6 Å². The summed E-state index contributed by atoms with van der Waals surface area (Å²) in [6.07, 6.45) is 0. The third-order valence-corrected chi connectivity index (χ3v) is 4.48. The molecule has 0 aliphatic heterocycles. The van der Waals surface area contributed by atoms with Crippen LogP contribution in [0.15, 0.2) is 42.5 Å². The smallest absolute Gasteiger partial charge is 0.185 e. The Morgan fingerprint density at radius 2 is 1.90 bits per heavy atom. The van der Waals surface area contributed by atoms with Gasteiger partial charge in [0.2, 0.25) is 0 Å². The van der Waals surface area contributed by atoms with Crippen LogP contribution in [-0.4, -0.2) is 5.78 Å². The fraction of sp³-hybridized carbons (Fsp3) is 0.125. The number of nitriles is 1. The molecule has 0 aliphatic carbocycles. The summed E-state index contributed by atoms with van der Waals surface area (Å²) < 4.78 is 13.8. The molecule has 4 heteroatoms.